The Morgan fingerprint density at radius 1 is 0.533 bits per heavy atom. The van der Waals surface area contributed by atoms with Gasteiger partial charge >= 0.3 is 0 Å². The average molecular weight is 406 g/mol. The lowest BCUT2D eigenvalue weighted by molar-refractivity contribution is 0.440. The monoisotopic (exact) mass is 406 g/mol. The fourth-order valence-electron chi connectivity index (χ4n) is 3.42. The molecule has 0 aliphatic carbocycles. The lowest BCUT2D eigenvalue weighted by atomic mass is 9.97. The zero-order chi connectivity index (χ0) is 21.3. The van der Waals surface area contributed by atoms with Crippen molar-refractivity contribution >= 4 is 0 Å². The van der Waals surface area contributed by atoms with Gasteiger partial charge in [-0.05, 0) is 52.9 Å². The maximum absolute atomic E-state index is 14.7. The molecule has 30 heavy (non-hydrogen) atoms. The normalized spacial score (nSPS) is 11.0. The molecule has 4 rings (SSSR count). The van der Waals surface area contributed by atoms with Crippen molar-refractivity contribution in [2.24, 2.45) is 0 Å². The van der Waals surface area contributed by atoms with Crippen LogP contribution in [0.3, 0.4) is 0 Å². The molecule has 4 heteroatoms. The molecule has 0 heterocycles. The molecule has 0 aromatic heterocycles. The van der Waals surface area contributed by atoms with E-state index >= 15 is 0 Å². The van der Waals surface area contributed by atoms with Crippen molar-refractivity contribution in [3.63, 3.8) is 0 Å². The maximum atomic E-state index is 14.7. The number of alkyl halides is 1. The van der Waals surface area contributed by atoms with Gasteiger partial charge in [0.25, 0.3) is 0 Å². The highest BCUT2D eigenvalue weighted by Gasteiger charge is 2.15. The first-order valence-corrected chi connectivity index (χ1v) is 9.47. The summed E-state index contributed by atoms with van der Waals surface area (Å²) in [5, 5.41) is 0. The smallest absolute Gasteiger partial charge is 0.132 e. The van der Waals surface area contributed by atoms with Crippen LogP contribution >= 0.6 is 0 Å². The third-order valence-corrected chi connectivity index (χ3v) is 5.16. The van der Waals surface area contributed by atoms with Gasteiger partial charge in [-0.3, -0.25) is 0 Å². The van der Waals surface area contributed by atoms with Gasteiger partial charge in [-0.25, -0.2) is 17.6 Å². The molecule has 0 spiro atoms. The minimum Gasteiger partial charge on any atom is -0.246 e. The number of hydrogen-bond donors (Lipinski definition) is 0. The SMILES string of the molecule is Cc1ccc(-c2ccc(-c3ccc(-c4cc(F)c(CF)c(F)c4)c(F)c3)cc2)cc1. The predicted molar refractivity (Wildman–Crippen MR) is 112 cm³/mol. The summed E-state index contributed by atoms with van der Waals surface area (Å²) in [5.41, 5.74) is 4.23. The summed E-state index contributed by atoms with van der Waals surface area (Å²) in [6.45, 7) is 0.779. The van der Waals surface area contributed by atoms with E-state index in [0.29, 0.717) is 5.56 Å². The number of hydrogen-bond acceptors (Lipinski definition) is 0. The maximum Gasteiger partial charge on any atom is 0.132 e. The van der Waals surface area contributed by atoms with Crippen LogP contribution in [0.4, 0.5) is 17.6 Å². The van der Waals surface area contributed by atoms with Crippen LogP contribution in [0, 0.1) is 24.4 Å². The first-order valence-electron chi connectivity index (χ1n) is 9.47. The second-order valence-electron chi connectivity index (χ2n) is 7.19. The Morgan fingerprint density at radius 3 is 1.47 bits per heavy atom. The summed E-state index contributed by atoms with van der Waals surface area (Å²) in [5.74, 6) is -2.66. The number of benzene rings is 4. The van der Waals surface area contributed by atoms with Crippen LogP contribution < -0.4 is 0 Å². The molecule has 0 aliphatic rings. The van der Waals surface area contributed by atoms with E-state index in [0.717, 1.165) is 28.8 Å². The summed E-state index contributed by atoms with van der Waals surface area (Å²) >= 11 is 0. The van der Waals surface area contributed by atoms with Gasteiger partial charge in [-0.15, -0.1) is 0 Å². The van der Waals surface area contributed by atoms with E-state index in [2.05, 4.69) is 0 Å². The average Bonchev–Trinajstić information content (AvgIpc) is 2.74. The number of rotatable bonds is 4. The summed E-state index contributed by atoms with van der Waals surface area (Å²) < 4.78 is 55.2. The van der Waals surface area contributed by atoms with Crippen molar-refractivity contribution in [1.82, 2.24) is 0 Å². The minimum absolute atomic E-state index is 0.0287. The van der Waals surface area contributed by atoms with Gasteiger partial charge in [0.15, 0.2) is 0 Å². The molecule has 4 aromatic rings. The number of halogens is 4. The quantitative estimate of drug-likeness (QED) is 0.302. The zero-order valence-corrected chi connectivity index (χ0v) is 16.2. The molecule has 0 aliphatic heterocycles. The lowest BCUT2D eigenvalue weighted by Crippen LogP contribution is -1.95. The minimum atomic E-state index is -1.25. The second kappa shape index (κ2) is 8.15. The first-order chi connectivity index (χ1) is 14.5. The Kier molecular flexibility index (Phi) is 5.40. The summed E-state index contributed by atoms with van der Waals surface area (Å²) in [6.07, 6.45) is 0. The molecule has 0 fully saturated rings. The molecule has 150 valence electrons. The first kappa shape index (κ1) is 19.9. The largest absolute Gasteiger partial charge is 0.246 e. The molecular formula is C26H18F4. The van der Waals surface area contributed by atoms with Gasteiger partial charge in [0.1, 0.15) is 24.1 Å². The third-order valence-electron chi connectivity index (χ3n) is 5.16. The highest BCUT2D eigenvalue weighted by atomic mass is 19.1. The van der Waals surface area contributed by atoms with Crippen molar-refractivity contribution in [3.8, 4) is 33.4 Å². The molecule has 0 radical (unpaired) electrons. The van der Waals surface area contributed by atoms with Crippen LogP contribution in [0.1, 0.15) is 11.1 Å². The van der Waals surface area contributed by atoms with Crippen molar-refractivity contribution in [1.29, 1.82) is 0 Å². The van der Waals surface area contributed by atoms with Crippen LogP contribution in [-0.2, 0) is 6.67 Å². The summed E-state index contributed by atoms with van der Waals surface area (Å²) in [4.78, 5) is 0. The predicted octanol–water partition coefficient (Wildman–Crippen LogP) is 7.88. The van der Waals surface area contributed by atoms with Crippen LogP contribution in [-0.4, -0.2) is 0 Å². The molecule has 0 N–H and O–H groups in total. The van der Waals surface area contributed by atoms with Crippen LogP contribution in [0.5, 0.6) is 0 Å². The second-order valence-corrected chi connectivity index (χ2v) is 7.19. The van der Waals surface area contributed by atoms with Gasteiger partial charge in [0.2, 0.25) is 0 Å². The molecule has 0 nitrogen and oxygen atoms in total. The van der Waals surface area contributed by atoms with E-state index in [4.69, 9.17) is 0 Å². The lowest BCUT2D eigenvalue weighted by Gasteiger charge is -2.10. The molecule has 0 saturated heterocycles. The van der Waals surface area contributed by atoms with Gasteiger partial charge in [0, 0.05) is 5.56 Å². The standard InChI is InChI=1S/C26H18F4/c1-16-2-4-17(5-3-16)18-6-8-19(9-7-18)20-10-11-22(24(28)12-20)21-13-25(29)23(15-27)26(30)14-21/h2-14H,15H2,1H3. The summed E-state index contributed by atoms with van der Waals surface area (Å²) in [6, 6.07) is 22.3. The number of aryl methyl sites for hydroxylation is 1. The Bertz CT molecular complexity index is 1170. The Hall–Kier alpha value is -3.40. The fourth-order valence-corrected chi connectivity index (χ4v) is 3.42. The van der Waals surface area contributed by atoms with Crippen LogP contribution in [0.2, 0.25) is 0 Å². The van der Waals surface area contributed by atoms with Crippen LogP contribution in [0.15, 0.2) is 78.9 Å². The van der Waals surface area contributed by atoms with Crippen molar-refractivity contribution < 1.29 is 17.6 Å². The highest BCUT2D eigenvalue weighted by Crippen LogP contribution is 2.31. The van der Waals surface area contributed by atoms with Gasteiger partial charge in [-0.2, -0.15) is 0 Å². The molecule has 4 aromatic carbocycles. The Balaban J connectivity index is 1.64. The Labute approximate surface area is 172 Å². The highest BCUT2D eigenvalue weighted by molar-refractivity contribution is 5.74. The molecule has 0 atom stereocenters. The molecular weight excluding hydrogens is 388 g/mol. The molecule has 0 saturated carbocycles. The molecule has 0 unspecified atom stereocenters. The Morgan fingerprint density at radius 2 is 0.967 bits per heavy atom. The van der Waals surface area contributed by atoms with Crippen LogP contribution in [0.25, 0.3) is 33.4 Å². The van der Waals surface area contributed by atoms with E-state index in [9.17, 15) is 17.6 Å². The van der Waals surface area contributed by atoms with E-state index in [1.807, 2.05) is 55.5 Å². The van der Waals surface area contributed by atoms with E-state index in [1.54, 1.807) is 6.07 Å². The van der Waals surface area contributed by atoms with E-state index < -0.39 is 29.7 Å². The third kappa shape index (κ3) is 3.86. The van der Waals surface area contributed by atoms with Crippen molar-refractivity contribution in [3.05, 3.63) is 107 Å². The van der Waals surface area contributed by atoms with E-state index in [1.165, 1.54) is 17.7 Å². The summed E-state index contributed by atoms with van der Waals surface area (Å²) in [7, 11) is 0. The van der Waals surface area contributed by atoms with E-state index in [-0.39, 0.29) is 11.1 Å². The van der Waals surface area contributed by atoms with Gasteiger partial charge < -0.3 is 0 Å². The molecule has 0 bridgehead atoms. The van der Waals surface area contributed by atoms with Crippen molar-refractivity contribution in [2.75, 3.05) is 0 Å². The van der Waals surface area contributed by atoms with Crippen molar-refractivity contribution in [2.45, 2.75) is 13.6 Å². The van der Waals surface area contributed by atoms with Gasteiger partial charge in [-0.1, -0.05) is 66.2 Å². The zero-order valence-electron chi connectivity index (χ0n) is 16.2. The molecule has 0 amide bonds. The van der Waals surface area contributed by atoms with Gasteiger partial charge in [0.05, 0.1) is 5.56 Å². The fraction of sp³-hybridized carbons (Fsp3) is 0.0769. The topological polar surface area (TPSA) is 0 Å².